The van der Waals surface area contributed by atoms with Crippen molar-refractivity contribution in [2.75, 3.05) is 11.9 Å². The Bertz CT molecular complexity index is 968. The first-order valence-electron chi connectivity index (χ1n) is 10.2. The number of carbonyl (C=O) groups excluding carboxylic acids is 2. The zero-order valence-electron chi connectivity index (χ0n) is 17.1. The van der Waals surface area contributed by atoms with E-state index in [4.69, 9.17) is 4.74 Å². The number of benzene rings is 2. The van der Waals surface area contributed by atoms with Crippen LogP contribution in [0.1, 0.15) is 43.4 Å². The first kappa shape index (κ1) is 20.6. The van der Waals surface area contributed by atoms with E-state index in [1.807, 2.05) is 42.6 Å². The highest BCUT2D eigenvalue weighted by atomic mass is 16.5. The van der Waals surface area contributed by atoms with Crippen molar-refractivity contribution >= 4 is 28.5 Å². The van der Waals surface area contributed by atoms with Gasteiger partial charge in [-0.15, -0.1) is 0 Å². The molecule has 0 radical (unpaired) electrons. The summed E-state index contributed by atoms with van der Waals surface area (Å²) in [6.07, 6.45) is 5.41. The number of esters is 1. The molecule has 3 rings (SSSR count). The molecule has 152 valence electrons. The number of aryl methyl sites for hydroxylation is 3. The van der Waals surface area contributed by atoms with Crippen LogP contribution in [-0.4, -0.2) is 23.5 Å². The number of aromatic nitrogens is 1. The van der Waals surface area contributed by atoms with Gasteiger partial charge in [0.05, 0.1) is 0 Å². The van der Waals surface area contributed by atoms with Gasteiger partial charge in [0, 0.05) is 29.2 Å². The molecule has 0 fully saturated rings. The number of amides is 1. The van der Waals surface area contributed by atoms with E-state index in [0.29, 0.717) is 12.8 Å². The normalized spacial score (nSPS) is 10.8. The number of carbonyl (C=O) groups is 2. The highest BCUT2D eigenvalue weighted by Gasteiger charge is 2.12. The minimum Gasteiger partial charge on any atom is -0.456 e. The van der Waals surface area contributed by atoms with Crippen LogP contribution in [0.25, 0.3) is 10.9 Å². The molecule has 3 aromatic rings. The van der Waals surface area contributed by atoms with Crippen molar-refractivity contribution in [3.05, 3.63) is 65.4 Å². The maximum absolute atomic E-state index is 12.3. The summed E-state index contributed by atoms with van der Waals surface area (Å²) in [6, 6.07) is 14.1. The lowest BCUT2D eigenvalue weighted by Crippen LogP contribution is -2.22. The molecule has 2 N–H and O–H groups in total. The Balaban J connectivity index is 1.45. The molecular weight excluding hydrogens is 364 g/mol. The van der Waals surface area contributed by atoms with Crippen molar-refractivity contribution in [1.82, 2.24) is 4.98 Å². The zero-order chi connectivity index (χ0) is 20.6. The van der Waals surface area contributed by atoms with E-state index >= 15 is 0 Å². The van der Waals surface area contributed by atoms with E-state index in [1.54, 1.807) is 0 Å². The third-order valence-corrected chi connectivity index (χ3v) is 5.13. The van der Waals surface area contributed by atoms with Gasteiger partial charge in [0.2, 0.25) is 0 Å². The fourth-order valence-electron chi connectivity index (χ4n) is 3.56. The van der Waals surface area contributed by atoms with Crippen molar-refractivity contribution < 1.29 is 14.3 Å². The molecule has 2 aromatic carbocycles. The van der Waals surface area contributed by atoms with Gasteiger partial charge in [-0.25, -0.2) is 0 Å². The number of hydrogen-bond acceptors (Lipinski definition) is 3. The summed E-state index contributed by atoms with van der Waals surface area (Å²) in [5, 5.41) is 4.10. The van der Waals surface area contributed by atoms with E-state index in [2.05, 4.69) is 30.2 Å². The van der Waals surface area contributed by atoms with E-state index < -0.39 is 0 Å². The molecule has 0 aliphatic carbocycles. The maximum atomic E-state index is 12.3. The number of ether oxygens (including phenoxy) is 1. The summed E-state index contributed by atoms with van der Waals surface area (Å²) in [5.74, 6) is -0.648. The minimum absolute atomic E-state index is 0.257. The summed E-state index contributed by atoms with van der Waals surface area (Å²) >= 11 is 0. The molecule has 0 saturated carbocycles. The van der Waals surface area contributed by atoms with Gasteiger partial charge in [-0.2, -0.15) is 0 Å². The molecule has 29 heavy (non-hydrogen) atoms. The molecule has 5 heteroatoms. The fourth-order valence-corrected chi connectivity index (χ4v) is 3.56. The van der Waals surface area contributed by atoms with Crippen molar-refractivity contribution in [2.45, 2.75) is 46.0 Å². The Morgan fingerprint density at radius 2 is 1.69 bits per heavy atom. The van der Waals surface area contributed by atoms with E-state index in [9.17, 15) is 9.59 Å². The first-order valence-corrected chi connectivity index (χ1v) is 10.2. The number of hydrogen-bond donors (Lipinski definition) is 2. The van der Waals surface area contributed by atoms with E-state index in [-0.39, 0.29) is 18.5 Å². The van der Waals surface area contributed by atoms with Crippen LogP contribution in [0.15, 0.2) is 48.7 Å². The second kappa shape index (κ2) is 9.92. The van der Waals surface area contributed by atoms with Gasteiger partial charge < -0.3 is 15.0 Å². The Kier molecular flexibility index (Phi) is 7.06. The molecule has 1 heterocycles. The maximum Gasteiger partial charge on any atom is 0.306 e. The molecule has 0 aliphatic rings. The first-order chi connectivity index (χ1) is 14.1. The van der Waals surface area contributed by atoms with Crippen LogP contribution in [0.4, 0.5) is 5.69 Å². The highest BCUT2D eigenvalue weighted by Crippen LogP contribution is 2.22. The van der Waals surface area contributed by atoms with Crippen LogP contribution in [0.3, 0.4) is 0 Å². The average Bonchev–Trinajstić information content (AvgIpc) is 3.15. The summed E-state index contributed by atoms with van der Waals surface area (Å²) < 4.78 is 5.17. The van der Waals surface area contributed by atoms with E-state index in [0.717, 1.165) is 41.6 Å². The second-order valence-corrected chi connectivity index (χ2v) is 7.08. The summed E-state index contributed by atoms with van der Waals surface area (Å²) in [6.45, 7) is 3.85. The zero-order valence-corrected chi connectivity index (χ0v) is 17.1. The standard InChI is InChI=1S/C24H28N2O3/c1-3-17-9-7-10-18(4-2)24(17)26-22(27)16-29-23(28)14-8-11-19-15-25-21-13-6-5-12-20(19)21/h5-7,9-10,12-13,15,25H,3-4,8,11,14,16H2,1-2H3,(H,26,27). The third-order valence-electron chi connectivity index (χ3n) is 5.13. The van der Waals surface area contributed by atoms with Gasteiger partial charge >= 0.3 is 5.97 Å². The lowest BCUT2D eigenvalue weighted by molar-refractivity contribution is -0.147. The molecule has 1 aromatic heterocycles. The smallest absolute Gasteiger partial charge is 0.306 e. The summed E-state index contributed by atoms with van der Waals surface area (Å²) in [5.41, 5.74) is 5.30. The molecule has 0 bridgehead atoms. The summed E-state index contributed by atoms with van der Waals surface area (Å²) in [4.78, 5) is 27.5. The number of aromatic amines is 1. The monoisotopic (exact) mass is 392 g/mol. The number of rotatable bonds is 9. The van der Waals surface area contributed by atoms with Crippen LogP contribution in [0, 0.1) is 0 Å². The van der Waals surface area contributed by atoms with E-state index in [1.165, 1.54) is 10.9 Å². The lowest BCUT2D eigenvalue weighted by Gasteiger charge is -2.14. The van der Waals surface area contributed by atoms with Gasteiger partial charge in [-0.3, -0.25) is 9.59 Å². The third kappa shape index (κ3) is 5.25. The molecule has 0 aliphatic heterocycles. The van der Waals surface area contributed by atoms with Crippen molar-refractivity contribution in [1.29, 1.82) is 0 Å². The van der Waals surface area contributed by atoms with Crippen LogP contribution >= 0.6 is 0 Å². The molecule has 0 spiro atoms. The summed E-state index contributed by atoms with van der Waals surface area (Å²) in [7, 11) is 0. The molecule has 5 nitrogen and oxygen atoms in total. The van der Waals surface area contributed by atoms with Gasteiger partial charge in [-0.05, 0) is 48.4 Å². The number of fused-ring (bicyclic) bond motifs is 1. The number of nitrogens with one attached hydrogen (secondary N) is 2. The molecular formula is C24H28N2O3. The number of para-hydroxylation sites is 2. The van der Waals surface area contributed by atoms with Gasteiger partial charge in [0.15, 0.2) is 6.61 Å². The largest absolute Gasteiger partial charge is 0.456 e. The van der Waals surface area contributed by atoms with Crippen LogP contribution < -0.4 is 5.32 Å². The van der Waals surface area contributed by atoms with Crippen LogP contribution in [0.2, 0.25) is 0 Å². The Morgan fingerprint density at radius 1 is 0.966 bits per heavy atom. The van der Waals surface area contributed by atoms with Gasteiger partial charge in [-0.1, -0.05) is 50.2 Å². The van der Waals surface area contributed by atoms with Crippen molar-refractivity contribution in [3.8, 4) is 0 Å². The molecule has 0 saturated heterocycles. The molecule has 0 atom stereocenters. The number of H-pyrrole nitrogens is 1. The Labute approximate surface area is 171 Å². The quantitative estimate of drug-likeness (QED) is 0.514. The second-order valence-electron chi connectivity index (χ2n) is 7.08. The van der Waals surface area contributed by atoms with Crippen LogP contribution in [0.5, 0.6) is 0 Å². The van der Waals surface area contributed by atoms with Gasteiger partial charge in [0.1, 0.15) is 0 Å². The van der Waals surface area contributed by atoms with Gasteiger partial charge in [0.25, 0.3) is 5.91 Å². The molecule has 0 unspecified atom stereocenters. The van der Waals surface area contributed by atoms with Crippen LogP contribution in [-0.2, 0) is 33.6 Å². The Morgan fingerprint density at radius 3 is 2.41 bits per heavy atom. The molecule has 1 amide bonds. The fraction of sp³-hybridized carbons (Fsp3) is 0.333. The van der Waals surface area contributed by atoms with Crippen molar-refractivity contribution in [2.24, 2.45) is 0 Å². The average molecular weight is 392 g/mol. The number of anilines is 1. The predicted octanol–water partition coefficient (Wildman–Crippen LogP) is 4.80. The lowest BCUT2D eigenvalue weighted by atomic mass is 10.0. The highest BCUT2D eigenvalue weighted by molar-refractivity contribution is 5.94. The SMILES string of the molecule is CCc1cccc(CC)c1NC(=O)COC(=O)CCCc1c[nH]c2ccccc12. The minimum atomic E-state index is -0.348. The topological polar surface area (TPSA) is 71.2 Å². The predicted molar refractivity (Wildman–Crippen MR) is 116 cm³/mol. The Hall–Kier alpha value is -3.08. The van der Waals surface area contributed by atoms with Crippen molar-refractivity contribution in [3.63, 3.8) is 0 Å².